The number of nitrogens with zero attached hydrogens (tertiary/aromatic N) is 1. The maximum absolute atomic E-state index is 11.7. The van der Waals surface area contributed by atoms with Gasteiger partial charge >= 0.3 is 6.09 Å². The van der Waals surface area contributed by atoms with Crippen LogP contribution in [0.5, 0.6) is 0 Å². The summed E-state index contributed by atoms with van der Waals surface area (Å²) in [7, 11) is 2.17. The van der Waals surface area contributed by atoms with E-state index in [-0.39, 0.29) is 6.09 Å². The van der Waals surface area contributed by atoms with Gasteiger partial charge in [-0.1, -0.05) is 25.5 Å². The Morgan fingerprint density at radius 1 is 1.38 bits per heavy atom. The first kappa shape index (κ1) is 15.8. The summed E-state index contributed by atoms with van der Waals surface area (Å²) in [6.45, 7) is 4.84. The second kappa shape index (κ2) is 8.03. The Balaban J connectivity index is 1.90. The van der Waals surface area contributed by atoms with Crippen LogP contribution in [0.3, 0.4) is 0 Å². The molecule has 4 nitrogen and oxygen atoms in total. The Kier molecular flexibility index (Phi) is 6.05. The number of piperidine rings is 1. The van der Waals surface area contributed by atoms with Crippen molar-refractivity contribution in [2.24, 2.45) is 0 Å². The highest BCUT2D eigenvalue weighted by Gasteiger charge is 2.18. The first-order valence-corrected chi connectivity index (χ1v) is 7.91. The average Bonchev–Trinajstić information content (AvgIpc) is 2.48. The van der Waals surface area contributed by atoms with Crippen molar-refractivity contribution in [3.8, 4) is 0 Å². The van der Waals surface area contributed by atoms with Gasteiger partial charge in [0.1, 0.15) is 0 Å². The second-order valence-electron chi connectivity index (χ2n) is 5.82. The fourth-order valence-electron chi connectivity index (χ4n) is 2.68. The fraction of sp³-hybridized carbons (Fsp3) is 0.588. The van der Waals surface area contributed by atoms with Crippen molar-refractivity contribution in [2.75, 3.05) is 32.1 Å². The molecule has 0 unspecified atom stereocenters. The van der Waals surface area contributed by atoms with Crippen LogP contribution >= 0.6 is 0 Å². The van der Waals surface area contributed by atoms with Crippen molar-refractivity contribution in [2.45, 2.75) is 38.5 Å². The first-order valence-electron chi connectivity index (χ1n) is 7.91. The molecule has 1 heterocycles. The lowest BCUT2D eigenvalue weighted by Gasteiger charge is -2.29. The summed E-state index contributed by atoms with van der Waals surface area (Å²) in [4.78, 5) is 14.0. The molecule has 1 aromatic carbocycles. The van der Waals surface area contributed by atoms with E-state index in [9.17, 15) is 4.79 Å². The van der Waals surface area contributed by atoms with E-state index in [1.54, 1.807) is 0 Å². The zero-order valence-electron chi connectivity index (χ0n) is 13.1. The van der Waals surface area contributed by atoms with E-state index in [0.29, 0.717) is 12.5 Å². The molecule has 0 spiro atoms. The number of rotatable bonds is 5. The Labute approximate surface area is 127 Å². The van der Waals surface area contributed by atoms with Crippen molar-refractivity contribution in [3.63, 3.8) is 0 Å². The van der Waals surface area contributed by atoms with Gasteiger partial charge in [0.2, 0.25) is 0 Å². The molecule has 1 aliphatic heterocycles. The predicted octanol–water partition coefficient (Wildman–Crippen LogP) is 3.84. The minimum atomic E-state index is -0.357. The first-order chi connectivity index (χ1) is 10.2. The van der Waals surface area contributed by atoms with Crippen molar-refractivity contribution < 1.29 is 9.53 Å². The number of hydrogen-bond donors (Lipinski definition) is 1. The highest BCUT2D eigenvalue weighted by Crippen LogP contribution is 2.28. The van der Waals surface area contributed by atoms with Gasteiger partial charge in [-0.05, 0) is 63.0 Å². The van der Waals surface area contributed by atoms with Gasteiger partial charge in [0.15, 0.2) is 0 Å². The molecule has 0 saturated carbocycles. The van der Waals surface area contributed by atoms with E-state index in [1.165, 1.54) is 18.4 Å². The number of ether oxygens (including phenoxy) is 1. The van der Waals surface area contributed by atoms with E-state index in [1.807, 2.05) is 12.1 Å². The minimum Gasteiger partial charge on any atom is -0.449 e. The summed E-state index contributed by atoms with van der Waals surface area (Å²) in [5.74, 6) is 0.596. The highest BCUT2D eigenvalue weighted by molar-refractivity contribution is 5.84. The van der Waals surface area contributed by atoms with E-state index < -0.39 is 0 Å². The SMILES string of the molecule is CCCCOC(=O)Nc1cccc(C2CCN(C)CC2)c1. The molecule has 1 fully saturated rings. The monoisotopic (exact) mass is 290 g/mol. The molecular formula is C17H26N2O2. The van der Waals surface area contributed by atoms with E-state index >= 15 is 0 Å². The van der Waals surface area contributed by atoms with Crippen LogP contribution in [0.1, 0.15) is 44.1 Å². The lowest BCUT2D eigenvalue weighted by molar-refractivity contribution is 0.160. The molecule has 0 aromatic heterocycles. The summed E-state index contributed by atoms with van der Waals surface area (Å²) in [6, 6.07) is 8.16. The topological polar surface area (TPSA) is 41.6 Å². The number of carbonyl (C=O) groups excluding carboxylic acids is 1. The quantitative estimate of drug-likeness (QED) is 0.838. The van der Waals surface area contributed by atoms with Gasteiger partial charge in [-0.3, -0.25) is 5.32 Å². The van der Waals surface area contributed by atoms with Crippen LogP contribution in [0, 0.1) is 0 Å². The Morgan fingerprint density at radius 2 is 2.14 bits per heavy atom. The Bertz CT molecular complexity index is 454. The van der Waals surface area contributed by atoms with Crippen LogP contribution in [0.4, 0.5) is 10.5 Å². The van der Waals surface area contributed by atoms with E-state index in [4.69, 9.17) is 4.74 Å². The molecule has 116 valence electrons. The van der Waals surface area contributed by atoms with Crippen molar-refractivity contribution in [3.05, 3.63) is 29.8 Å². The number of unbranched alkanes of at least 4 members (excludes halogenated alkanes) is 1. The smallest absolute Gasteiger partial charge is 0.411 e. The molecule has 4 heteroatoms. The largest absolute Gasteiger partial charge is 0.449 e. The van der Waals surface area contributed by atoms with Crippen LogP contribution < -0.4 is 5.32 Å². The van der Waals surface area contributed by atoms with Gasteiger partial charge in [-0.25, -0.2) is 4.79 Å². The van der Waals surface area contributed by atoms with Crippen molar-refractivity contribution in [1.82, 2.24) is 4.90 Å². The molecule has 1 saturated heterocycles. The maximum Gasteiger partial charge on any atom is 0.411 e. The van der Waals surface area contributed by atoms with Gasteiger partial charge in [0.25, 0.3) is 0 Å². The standard InChI is InChI=1S/C17H26N2O2/c1-3-4-12-21-17(20)18-16-7-5-6-15(13-16)14-8-10-19(2)11-9-14/h5-7,13-14H,3-4,8-12H2,1-2H3,(H,18,20). The van der Waals surface area contributed by atoms with E-state index in [2.05, 4.69) is 36.3 Å². The summed E-state index contributed by atoms with van der Waals surface area (Å²) in [6.07, 6.45) is 3.94. The fourth-order valence-corrected chi connectivity index (χ4v) is 2.68. The lowest BCUT2D eigenvalue weighted by Crippen LogP contribution is -2.29. The van der Waals surface area contributed by atoms with Gasteiger partial charge in [-0.15, -0.1) is 0 Å². The molecule has 1 aliphatic rings. The van der Waals surface area contributed by atoms with Crippen molar-refractivity contribution in [1.29, 1.82) is 0 Å². The molecule has 1 amide bonds. The second-order valence-corrected chi connectivity index (χ2v) is 5.82. The molecule has 0 bridgehead atoms. The normalized spacial score (nSPS) is 16.7. The summed E-state index contributed by atoms with van der Waals surface area (Å²) < 4.78 is 5.13. The predicted molar refractivity (Wildman–Crippen MR) is 85.8 cm³/mol. The number of amides is 1. The number of anilines is 1. The molecule has 0 radical (unpaired) electrons. The average molecular weight is 290 g/mol. The summed E-state index contributed by atoms with van der Waals surface area (Å²) in [5, 5.41) is 2.82. The van der Waals surface area contributed by atoms with Gasteiger partial charge in [0.05, 0.1) is 6.61 Å². The zero-order valence-corrected chi connectivity index (χ0v) is 13.1. The molecule has 21 heavy (non-hydrogen) atoms. The summed E-state index contributed by atoms with van der Waals surface area (Å²) >= 11 is 0. The molecule has 0 aliphatic carbocycles. The van der Waals surface area contributed by atoms with Crippen LogP contribution in [-0.2, 0) is 4.74 Å². The lowest BCUT2D eigenvalue weighted by atomic mass is 9.89. The third-order valence-electron chi connectivity index (χ3n) is 4.05. The number of benzene rings is 1. The van der Waals surface area contributed by atoms with Crippen LogP contribution in [-0.4, -0.2) is 37.7 Å². The van der Waals surface area contributed by atoms with E-state index in [0.717, 1.165) is 31.6 Å². The highest BCUT2D eigenvalue weighted by atomic mass is 16.5. The Hall–Kier alpha value is -1.55. The molecule has 1 N–H and O–H groups in total. The van der Waals surface area contributed by atoms with Gasteiger partial charge < -0.3 is 9.64 Å². The zero-order chi connectivity index (χ0) is 15.1. The molecular weight excluding hydrogens is 264 g/mol. The molecule has 2 rings (SSSR count). The van der Waals surface area contributed by atoms with Gasteiger partial charge in [-0.2, -0.15) is 0 Å². The number of carbonyl (C=O) groups is 1. The van der Waals surface area contributed by atoms with Crippen LogP contribution in [0.2, 0.25) is 0 Å². The number of likely N-dealkylation sites (tertiary alicyclic amines) is 1. The van der Waals surface area contributed by atoms with Gasteiger partial charge in [0, 0.05) is 5.69 Å². The number of nitrogens with one attached hydrogen (secondary N) is 1. The van der Waals surface area contributed by atoms with Crippen LogP contribution in [0.25, 0.3) is 0 Å². The van der Waals surface area contributed by atoms with Crippen LogP contribution in [0.15, 0.2) is 24.3 Å². The third-order valence-corrected chi connectivity index (χ3v) is 4.05. The molecule has 0 atom stereocenters. The molecule has 1 aromatic rings. The minimum absolute atomic E-state index is 0.357. The Morgan fingerprint density at radius 3 is 2.86 bits per heavy atom. The summed E-state index contributed by atoms with van der Waals surface area (Å²) in [5.41, 5.74) is 2.14. The number of hydrogen-bond acceptors (Lipinski definition) is 3. The maximum atomic E-state index is 11.7. The third kappa shape index (κ3) is 5.05. The van der Waals surface area contributed by atoms with Crippen molar-refractivity contribution >= 4 is 11.8 Å².